The van der Waals surface area contributed by atoms with Crippen LogP contribution in [-0.2, 0) is 4.79 Å². The van der Waals surface area contributed by atoms with E-state index in [9.17, 15) is 9.59 Å². The van der Waals surface area contributed by atoms with Crippen LogP contribution in [0.15, 0.2) is 0 Å². The molecule has 7 nitrogen and oxygen atoms in total. The monoisotopic (exact) mass is 279 g/mol. The summed E-state index contributed by atoms with van der Waals surface area (Å²) in [5.41, 5.74) is -1.08. The molecule has 1 aliphatic rings. The van der Waals surface area contributed by atoms with Crippen LogP contribution in [0.4, 0.5) is 4.79 Å². The lowest BCUT2D eigenvalue weighted by molar-refractivity contribution is -0.132. The van der Waals surface area contributed by atoms with Gasteiger partial charge in [-0.25, -0.2) is 14.1 Å². The van der Waals surface area contributed by atoms with Crippen molar-refractivity contribution >= 4 is 23.7 Å². The lowest BCUT2D eigenvalue weighted by Gasteiger charge is -2.25. The molecule has 2 N–H and O–H groups in total. The smallest absolute Gasteiger partial charge is 0.343 e. The van der Waals surface area contributed by atoms with Gasteiger partial charge in [-0.1, -0.05) is 0 Å². The van der Waals surface area contributed by atoms with Crippen molar-refractivity contribution in [2.75, 3.05) is 33.0 Å². The zero-order valence-electron chi connectivity index (χ0n) is 10.5. The predicted molar refractivity (Wildman–Crippen MR) is 64.6 cm³/mol. The molecule has 1 rings (SSSR count). The Morgan fingerprint density at radius 1 is 1.22 bits per heavy atom. The highest BCUT2D eigenvalue weighted by Gasteiger charge is 2.51. The molecular weight excluding hydrogens is 262 g/mol. The first-order valence-corrected chi connectivity index (χ1v) is 5.96. The fourth-order valence-corrected chi connectivity index (χ4v) is 1.87. The minimum Gasteiger partial charge on any atom is -0.395 e. The highest BCUT2D eigenvalue weighted by Crippen LogP contribution is 2.29. The summed E-state index contributed by atoms with van der Waals surface area (Å²) in [5.74, 6) is -0.400. The second kappa shape index (κ2) is 5.83. The average Bonchev–Trinajstić information content (AvgIpc) is 2.45. The molecule has 0 atom stereocenters. The predicted octanol–water partition coefficient (Wildman–Crippen LogP) is -0.573. The van der Waals surface area contributed by atoms with E-state index >= 15 is 0 Å². The van der Waals surface area contributed by atoms with E-state index in [-0.39, 0.29) is 33.0 Å². The summed E-state index contributed by atoms with van der Waals surface area (Å²) < 4.78 is 0.866. The number of hydrogen-bond donors (Lipinski definition) is 2. The van der Waals surface area contributed by atoms with Crippen molar-refractivity contribution in [1.82, 2.24) is 14.2 Å². The summed E-state index contributed by atoms with van der Waals surface area (Å²) in [7, 11) is 0. The zero-order valence-corrected chi connectivity index (χ0v) is 11.2. The molecule has 0 aromatic rings. The molecule has 0 saturated carbocycles. The van der Waals surface area contributed by atoms with Gasteiger partial charge in [0.15, 0.2) is 0 Å². The third kappa shape index (κ3) is 2.74. The minimum atomic E-state index is -1.08. The Hall–Kier alpha value is -0.890. The molecule has 1 saturated heterocycles. The molecule has 8 heteroatoms. The van der Waals surface area contributed by atoms with Gasteiger partial charge in [0.05, 0.1) is 19.9 Å². The standard InChI is InChI=1S/C10H18ClN3O4/c1-10(2)8(17)13(9(18)14(10)11)7-12(3-5-15)4-6-16/h15-16H,3-7H2,1-2H3. The molecule has 0 aromatic carbocycles. The number of aliphatic hydroxyl groups excluding tert-OH is 2. The second-order valence-corrected chi connectivity index (χ2v) is 4.90. The number of aliphatic hydroxyl groups is 2. The van der Waals surface area contributed by atoms with E-state index in [1.807, 2.05) is 0 Å². The van der Waals surface area contributed by atoms with Crippen LogP contribution in [0.5, 0.6) is 0 Å². The van der Waals surface area contributed by atoms with Crippen molar-refractivity contribution in [3.8, 4) is 0 Å². The van der Waals surface area contributed by atoms with Gasteiger partial charge in [0.1, 0.15) is 5.54 Å². The molecule has 18 heavy (non-hydrogen) atoms. The number of urea groups is 1. The number of halogens is 1. The van der Waals surface area contributed by atoms with Crippen molar-refractivity contribution in [3.63, 3.8) is 0 Å². The van der Waals surface area contributed by atoms with E-state index < -0.39 is 17.5 Å². The van der Waals surface area contributed by atoms with Crippen LogP contribution in [0.1, 0.15) is 13.8 Å². The number of imide groups is 1. The molecule has 1 fully saturated rings. The van der Waals surface area contributed by atoms with Crippen molar-refractivity contribution in [1.29, 1.82) is 0 Å². The van der Waals surface area contributed by atoms with Crippen LogP contribution in [-0.4, -0.2) is 74.9 Å². The summed E-state index contributed by atoms with van der Waals surface area (Å²) in [6.45, 7) is 3.41. The van der Waals surface area contributed by atoms with Gasteiger partial charge in [-0.3, -0.25) is 9.69 Å². The van der Waals surface area contributed by atoms with Crippen LogP contribution in [0.2, 0.25) is 0 Å². The zero-order chi connectivity index (χ0) is 13.9. The van der Waals surface area contributed by atoms with E-state index in [4.69, 9.17) is 22.0 Å². The fourth-order valence-electron chi connectivity index (χ4n) is 1.71. The Labute approximate surface area is 111 Å². The first kappa shape index (κ1) is 15.2. The normalized spacial score (nSPS) is 19.2. The van der Waals surface area contributed by atoms with E-state index in [0.717, 1.165) is 9.32 Å². The topological polar surface area (TPSA) is 84.3 Å². The van der Waals surface area contributed by atoms with Crippen LogP contribution in [0.3, 0.4) is 0 Å². The van der Waals surface area contributed by atoms with Crippen molar-refractivity contribution in [3.05, 3.63) is 0 Å². The Morgan fingerprint density at radius 3 is 2.06 bits per heavy atom. The molecule has 0 bridgehead atoms. The van der Waals surface area contributed by atoms with Gasteiger partial charge >= 0.3 is 6.03 Å². The minimum absolute atomic E-state index is 0.00539. The molecular formula is C10H18ClN3O4. The fraction of sp³-hybridized carbons (Fsp3) is 0.800. The first-order chi connectivity index (χ1) is 8.36. The molecule has 0 spiro atoms. The summed E-state index contributed by atoms with van der Waals surface area (Å²) in [4.78, 5) is 26.5. The lowest BCUT2D eigenvalue weighted by Crippen LogP contribution is -2.45. The van der Waals surface area contributed by atoms with Gasteiger partial charge in [0, 0.05) is 24.9 Å². The molecule has 0 unspecified atom stereocenters. The van der Waals surface area contributed by atoms with Crippen LogP contribution < -0.4 is 0 Å². The van der Waals surface area contributed by atoms with Gasteiger partial charge in [-0.2, -0.15) is 0 Å². The van der Waals surface area contributed by atoms with Crippen LogP contribution in [0, 0.1) is 0 Å². The van der Waals surface area contributed by atoms with Crippen molar-refractivity contribution < 1.29 is 19.8 Å². The number of rotatable bonds is 6. The maximum atomic E-state index is 12.0. The number of carbonyl (C=O) groups is 2. The highest BCUT2D eigenvalue weighted by molar-refractivity contribution is 6.27. The first-order valence-electron chi connectivity index (χ1n) is 5.62. The maximum Gasteiger partial charge on any atom is 0.343 e. The molecule has 0 radical (unpaired) electrons. The van der Waals surface area contributed by atoms with E-state index in [0.29, 0.717) is 0 Å². The molecule has 1 aliphatic heterocycles. The van der Waals surface area contributed by atoms with Crippen molar-refractivity contribution in [2.45, 2.75) is 19.4 Å². The van der Waals surface area contributed by atoms with E-state index in [2.05, 4.69) is 0 Å². The summed E-state index contributed by atoms with van der Waals surface area (Å²) in [5, 5.41) is 17.8. The summed E-state index contributed by atoms with van der Waals surface area (Å²) in [6, 6.07) is -0.590. The van der Waals surface area contributed by atoms with E-state index in [1.54, 1.807) is 18.7 Å². The quantitative estimate of drug-likeness (QED) is 0.502. The molecule has 0 aliphatic carbocycles. The third-order valence-corrected chi connectivity index (χ3v) is 3.40. The summed E-state index contributed by atoms with van der Waals surface area (Å²) in [6.07, 6.45) is 0. The SMILES string of the molecule is CC1(C)C(=O)N(CN(CCO)CCO)C(=O)N1Cl. The highest BCUT2D eigenvalue weighted by atomic mass is 35.5. The number of carbonyl (C=O) groups excluding carboxylic acids is 2. The second-order valence-electron chi connectivity index (χ2n) is 4.56. The molecule has 3 amide bonds. The Bertz CT molecular complexity index is 331. The maximum absolute atomic E-state index is 12.0. The van der Waals surface area contributed by atoms with Crippen LogP contribution in [0.25, 0.3) is 0 Å². The van der Waals surface area contributed by atoms with E-state index in [1.165, 1.54) is 0 Å². The number of amides is 3. The Morgan fingerprint density at radius 2 is 1.72 bits per heavy atom. The lowest BCUT2D eigenvalue weighted by atomic mass is 10.1. The Balaban J connectivity index is 2.77. The molecule has 0 aromatic heterocycles. The van der Waals surface area contributed by atoms with Crippen molar-refractivity contribution in [2.24, 2.45) is 0 Å². The average molecular weight is 280 g/mol. The molecule has 1 heterocycles. The summed E-state index contributed by atoms with van der Waals surface area (Å²) >= 11 is 5.79. The van der Waals surface area contributed by atoms with Gasteiger partial charge in [-0.05, 0) is 13.8 Å². The van der Waals surface area contributed by atoms with Gasteiger partial charge in [0.25, 0.3) is 5.91 Å². The van der Waals surface area contributed by atoms with Gasteiger partial charge in [0.2, 0.25) is 0 Å². The largest absolute Gasteiger partial charge is 0.395 e. The van der Waals surface area contributed by atoms with Gasteiger partial charge < -0.3 is 10.2 Å². The number of hydrogen-bond acceptors (Lipinski definition) is 5. The van der Waals surface area contributed by atoms with Crippen LogP contribution >= 0.6 is 11.8 Å². The number of nitrogens with zero attached hydrogens (tertiary/aromatic N) is 3. The molecule has 104 valence electrons. The van der Waals surface area contributed by atoms with Gasteiger partial charge in [-0.15, -0.1) is 0 Å². The Kier molecular flexibility index (Phi) is 4.92. The third-order valence-electron chi connectivity index (χ3n) is 2.83.